The first-order chi connectivity index (χ1) is 6.68. The second kappa shape index (κ2) is 3.10. The fraction of sp³-hybridized carbons (Fsp3) is 0.222. The molecule has 5 nitrogen and oxygen atoms in total. The van der Waals surface area contributed by atoms with E-state index < -0.39 is 6.04 Å². The van der Waals surface area contributed by atoms with Crippen molar-refractivity contribution in [3.8, 4) is 0 Å². The lowest BCUT2D eigenvalue weighted by atomic mass is 10.0. The highest BCUT2D eigenvalue weighted by Gasteiger charge is 2.27. The van der Waals surface area contributed by atoms with Gasteiger partial charge in [-0.15, -0.1) is 0 Å². The number of carbonyl (C=O) groups is 1. The Morgan fingerprint density at radius 1 is 1.57 bits per heavy atom. The summed E-state index contributed by atoms with van der Waals surface area (Å²) in [4.78, 5) is 19.4. The largest absolute Gasteiger partial charge is 0.370 e. The Hall–Kier alpha value is -1.91. The highest BCUT2D eigenvalue weighted by atomic mass is 16.2. The summed E-state index contributed by atoms with van der Waals surface area (Å²) < 4.78 is 0. The number of pyridine rings is 1. The molecule has 2 rings (SSSR count). The molecule has 1 aromatic rings. The Labute approximate surface area is 81.1 Å². The second-order valence-corrected chi connectivity index (χ2v) is 3.14. The molecule has 1 amide bonds. The molecule has 2 heterocycles. The van der Waals surface area contributed by atoms with Gasteiger partial charge in [0.2, 0.25) is 0 Å². The van der Waals surface area contributed by atoms with Crippen molar-refractivity contribution in [3.63, 3.8) is 0 Å². The Bertz CT molecular complexity index is 413. The number of hydrogen-bond donors (Lipinski definition) is 2. The molecule has 0 saturated heterocycles. The van der Waals surface area contributed by atoms with Gasteiger partial charge < -0.3 is 5.73 Å². The van der Waals surface area contributed by atoms with E-state index in [0.717, 1.165) is 11.1 Å². The zero-order chi connectivity index (χ0) is 10.1. The van der Waals surface area contributed by atoms with Crippen LogP contribution in [0.3, 0.4) is 0 Å². The van der Waals surface area contributed by atoms with Gasteiger partial charge in [-0.05, 0) is 18.6 Å². The third-order valence-corrected chi connectivity index (χ3v) is 2.14. The number of rotatable bonds is 1. The number of carbonyl (C=O) groups excluding carboxylic acids is 1. The number of guanidine groups is 1. The average molecular weight is 190 g/mol. The summed E-state index contributed by atoms with van der Waals surface area (Å²) in [7, 11) is 0. The van der Waals surface area contributed by atoms with Crippen molar-refractivity contribution in [2.45, 2.75) is 13.0 Å². The second-order valence-electron chi connectivity index (χ2n) is 3.14. The molecule has 0 saturated carbocycles. The lowest BCUT2D eigenvalue weighted by molar-refractivity contribution is -0.120. The van der Waals surface area contributed by atoms with Crippen LogP contribution in [0, 0.1) is 6.92 Å². The lowest BCUT2D eigenvalue weighted by Gasteiger charge is -2.06. The van der Waals surface area contributed by atoms with Gasteiger partial charge in [-0.2, -0.15) is 0 Å². The number of aliphatic imine (C=N–C) groups is 1. The molecule has 0 aliphatic carbocycles. The maximum absolute atomic E-state index is 11.4. The summed E-state index contributed by atoms with van der Waals surface area (Å²) in [5.74, 6) is -0.0261. The molecule has 1 aromatic heterocycles. The van der Waals surface area contributed by atoms with Crippen LogP contribution in [0.25, 0.3) is 0 Å². The first kappa shape index (κ1) is 8.68. The van der Waals surface area contributed by atoms with Crippen LogP contribution < -0.4 is 11.1 Å². The Kier molecular flexibility index (Phi) is 1.92. The van der Waals surface area contributed by atoms with Gasteiger partial charge in [0.25, 0.3) is 5.91 Å². The predicted molar refractivity (Wildman–Crippen MR) is 51.5 cm³/mol. The third-order valence-electron chi connectivity index (χ3n) is 2.14. The Balaban J connectivity index is 2.41. The molecular formula is C9H10N4O. The summed E-state index contributed by atoms with van der Waals surface area (Å²) >= 11 is 0. The molecule has 3 N–H and O–H groups in total. The Morgan fingerprint density at radius 2 is 2.36 bits per heavy atom. The molecule has 0 fully saturated rings. The first-order valence-electron chi connectivity index (χ1n) is 4.23. The number of nitrogens with two attached hydrogens (primary N) is 1. The monoisotopic (exact) mass is 190 g/mol. The van der Waals surface area contributed by atoms with E-state index in [-0.39, 0.29) is 11.9 Å². The minimum absolute atomic E-state index is 0.170. The fourth-order valence-electron chi connectivity index (χ4n) is 1.40. The summed E-state index contributed by atoms with van der Waals surface area (Å²) in [6.07, 6.45) is 3.32. The molecule has 72 valence electrons. The van der Waals surface area contributed by atoms with Crippen LogP contribution >= 0.6 is 0 Å². The molecule has 0 bridgehead atoms. The van der Waals surface area contributed by atoms with Crippen LogP contribution in [0.5, 0.6) is 0 Å². The SMILES string of the molecule is Cc1ccncc1C1N=C(N)NC1=O. The van der Waals surface area contributed by atoms with E-state index in [1.54, 1.807) is 12.4 Å². The number of nitrogens with one attached hydrogen (secondary N) is 1. The first-order valence-corrected chi connectivity index (χ1v) is 4.23. The molecule has 1 atom stereocenters. The maximum Gasteiger partial charge on any atom is 0.256 e. The molecule has 0 radical (unpaired) electrons. The predicted octanol–water partition coefficient (Wildman–Crippen LogP) is -0.124. The van der Waals surface area contributed by atoms with Crippen molar-refractivity contribution in [2.75, 3.05) is 0 Å². The van der Waals surface area contributed by atoms with Gasteiger partial charge in [-0.3, -0.25) is 15.1 Å². The lowest BCUT2D eigenvalue weighted by Crippen LogP contribution is -2.31. The van der Waals surface area contributed by atoms with Gasteiger partial charge in [0.05, 0.1) is 0 Å². The van der Waals surface area contributed by atoms with Crippen LogP contribution in [0.4, 0.5) is 0 Å². The van der Waals surface area contributed by atoms with E-state index in [0.29, 0.717) is 0 Å². The van der Waals surface area contributed by atoms with Gasteiger partial charge in [-0.25, -0.2) is 4.99 Å². The zero-order valence-electron chi connectivity index (χ0n) is 7.69. The summed E-state index contributed by atoms with van der Waals surface area (Å²) in [6, 6.07) is 1.30. The Morgan fingerprint density at radius 3 is 2.93 bits per heavy atom. The third kappa shape index (κ3) is 1.32. The molecule has 1 unspecified atom stereocenters. The smallest absolute Gasteiger partial charge is 0.256 e. The maximum atomic E-state index is 11.4. The molecule has 14 heavy (non-hydrogen) atoms. The van der Waals surface area contributed by atoms with Crippen molar-refractivity contribution in [3.05, 3.63) is 29.6 Å². The number of aryl methyl sites for hydroxylation is 1. The van der Waals surface area contributed by atoms with Gasteiger partial charge >= 0.3 is 0 Å². The van der Waals surface area contributed by atoms with E-state index >= 15 is 0 Å². The van der Waals surface area contributed by atoms with E-state index in [2.05, 4.69) is 15.3 Å². The molecule has 5 heteroatoms. The van der Waals surface area contributed by atoms with Crippen LogP contribution in [0.1, 0.15) is 17.2 Å². The van der Waals surface area contributed by atoms with E-state index in [1.165, 1.54) is 0 Å². The average Bonchev–Trinajstić information content (AvgIpc) is 2.46. The standard InChI is InChI=1S/C9H10N4O/c1-5-2-3-11-4-6(5)7-8(14)13-9(10)12-7/h2-4,7H,1H3,(H3,10,12,13,14). The molecule has 0 spiro atoms. The van der Waals surface area contributed by atoms with Crippen molar-refractivity contribution >= 4 is 11.9 Å². The number of aromatic nitrogens is 1. The van der Waals surface area contributed by atoms with E-state index in [1.807, 2.05) is 13.0 Å². The van der Waals surface area contributed by atoms with Gasteiger partial charge in [0, 0.05) is 18.0 Å². The number of amides is 1. The van der Waals surface area contributed by atoms with Gasteiger partial charge in [-0.1, -0.05) is 0 Å². The normalized spacial score (nSPS) is 20.5. The number of hydrogen-bond acceptors (Lipinski definition) is 4. The molecule has 1 aliphatic rings. The summed E-state index contributed by atoms with van der Waals surface area (Å²) in [5, 5.41) is 2.45. The van der Waals surface area contributed by atoms with Crippen LogP contribution in [0.15, 0.2) is 23.5 Å². The van der Waals surface area contributed by atoms with E-state index in [9.17, 15) is 4.79 Å². The highest BCUT2D eigenvalue weighted by molar-refractivity contribution is 6.04. The highest BCUT2D eigenvalue weighted by Crippen LogP contribution is 2.22. The topological polar surface area (TPSA) is 80.4 Å². The van der Waals surface area contributed by atoms with Crippen molar-refractivity contribution in [1.29, 1.82) is 0 Å². The molecule has 0 aromatic carbocycles. The zero-order valence-corrected chi connectivity index (χ0v) is 7.69. The van der Waals surface area contributed by atoms with Crippen LogP contribution in [0.2, 0.25) is 0 Å². The van der Waals surface area contributed by atoms with Gasteiger partial charge in [0.1, 0.15) is 0 Å². The molecular weight excluding hydrogens is 180 g/mol. The van der Waals surface area contributed by atoms with Gasteiger partial charge in [0.15, 0.2) is 12.0 Å². The van der Waals surface area contributed by atoms with Crippen molar-refractivity contribution in [2.24, 2.45) is 10.7 Å². The van der Waals surface area contributed by atoms with Crippen molar-refractivity contribution in [1.82, 2.24) is 10.3 Å². The van der Waals surface area contributed by atoms with Crippen LogP contribution in [-0.2, 0) is 4.79 Å². The molecule has 1 aliphatic heterocycles. The van der Waals surface area contributed by atoms with Crippen LogP contribution in [-0.4, -0.2) is 16.9 Å². The fourth-order valence-corrected chi connectivity index (χ4v) is 1.40. The quantitative estimate of drug-likeness (QED) is 0.647. The minimum Gasteiger partial charge on any atom is -0.370 e. The summed E-state index contributed by atoms with van der Waals surface area (Å²) in [6.45, 7) is 1.91. The summed E-state index contributed by atoms with van der Waals surface area (Å²) in [5.41, 5.74) is 7.18. The van der Waals surface area contributed by atoms with E-state index in [4.69, 9.17) is 5.73 Å². The number of nitrogens with zero attached hydrogens (tertiary/aromatic N) is 2. The minimum atomic E-state index is -0.538. The van der Waals surface area contributed by atoms with Crippen molar-refractivity contribution < 1.29 is 4.79 Å².